The first-order valence-corrected chi connectivity index (χ1v) is 5.55. The molecule has 0 fully saturated rings. The van der Waals surface area contributed by atoms with Gasteiger partial charge in [-0.1, -0.05) is 17.7 Å². The first-order valence-electron chi connectivity index (χ1n) is 3.59. The van der Waals surface area contributed by atoms with Crippen molar-refractivity contribution in [3.8, 4) is 0 Å². The van der Waals surface area contributed by atoms with Crippen molar-refractivity contribution in [2.45, 2.75) is 0 Å². The van der Waals surface area contributed by atoms with Gasteiger partial charge in [0.15, 0.2) is 0 Å². The molecule has 0 atom stereocenters. The molecule has 0 unspecified atom stereocenters. The van der Waals surface area contributed by atoms with E-state index in [4.69, 9.17) is 11.6 Å². The third kappa shape index (κ3) is 1.73. The van der Waals surface area contributed by atoms with Gasteiger partial charge >= 0.3 is 0 Å². The minimum absolute atomic E-state index is 0.721. The van der Waals surface area contributed by atoms with Gasteiger partial charge in [-0.15, -0.1) is 0 Å². The Morgan fingerprint density at radius 2 is 2.00 bits per heavy atom. The molecule has 0 saturated heterocycles. The monoisotopic (exact) mass is 319 g/mol. The fourth-order valence-corrected chi connectivity index (χ4v) is 1.96. The molecule has 0 N–H and O–H groups in total. The van der Waals surface area contributed by atoms with Crippen molar-refractivity contribution in [3.63, 3.8) is 0 Å². The third-order valence-electron chi connectivity index (χ3n) is 1.72. The summed E-state index contributed by atoms with van der Waals surface area (Å²) < 4.78 is 1.70. The van der Waals surface area contributed by atoms with Gasteiger partial charge in [0, 0.05) is 10.4 Å². The first-order chi connectivity index (χ1) is 6.18. The van der Waals surface area contributed by atoms with Crippen LogP contribution in [0.5, 0.6) is 0 Å². The van der Waals surface area contributed by atoms with Crippen molar-refractivity contribution in [2.24, 2.45) is 0 Å². The highest BCUT2D eigenvalue weighted by atomic mass is 79.9. The van der Waals surface area contributed by atoms with E-state index in [0.29, 0.717) is 0 Å². The Morgan fingerprint density at radius 1 is 1.23 bits per heavy atom. The number of hydrogen-bond acceptors (Lipinski definition) is 1. The lowest BCUT2D eigenvalue weighted by molar-refractivity contribution is 1.33. The van der Waals surface area contributed by atoms with E-state index in [0.717, 1.165) is 25.0 Å². The Hall–Kier alpha value is -0.120. The van der Waals surface area contributed by atoms with Gasteiger partial charge < -0.3 is 0 Å². The van der Waals surface area contributed by atoms with Gasteiger partial charge in [0.2, 0.25) is 0 Å². The fourth-order valence-electron chi connectivity index (χ4n) is 1.11. The average molecular weight is 321 g/mol. The number of fused-ring (bicyclic) bond motifs is 1. The smallest absolute Gasteiger partial charge is 0.120 e. The zero-order valence-corrected chi connectivity index (χ0v) is 10.3. The SMILES string of the molecule is Clc1cccc2nc(Br)c(Br)cc12. The fraction of sp³-hybridized carbons (Fsp3) is 0. The Labute approximate surface area is 97.4 Å². The van der Waals surface area contributed by atoms with Gasteiger partial charge in [-0.05, 0) is 50.1 Å². The van der Waals surface area contributed by atoms with E-state index in [9.17, 15) is 0 Å². The minimum Gasteiger partial charge on any atom is -0.240 e. The predicted molar refractivity (Wildman–Crippen MR) is 62.2 cm³/mol. The van der Waals surface area contributed by atoms with E-state index in [1.54, 1.807) is 0 Å². The van der Waals surface area contributed by atoms with Gasteiger partial charge in [-0.2, -0.15) is 0 Å². The van der Waals surface area contributed by atoms with Crippen LogP contribution in [0, 0.1) is 0 Å². The van der Waals surface area contributed by atoms with Crippen molar-refractivity contribution in [1.82, 2.24) is 4.98 Å². The maximum atomic E-state index is 6.01. The second kappa shape index (κ2) is 3.56. The van der Waals surface area contributed by atoms with E-state index < -0.39 is 0 Å². The normalized spacial score (nSPS) is 10.7. The van der Waals surface area contributed by atoms with Gasteiger partial charge in [0.05, 0.1) is 9.99 Å². The molecule has 0 bridgehead atoms. The Kier molecular flexibility index (Phi) is 2.58. The molecule has 0 amide bonds. The van der Waals surface area contributed by atoms with Crippen LogP contribution >= 0.6 is 43.5 Å². The number of nitrogens with zero attached hydrogens (tertiary/aromatic N) is 1. The highest BCUT2D eigenvalue weighted by Gasteiger charge is 2.03. The number of benzene rings is 1. The summed E-state index contributed by atoms with van der Waals surface area (Å²) in [6.45, 7) is 0. The molecular formula is C9H4Br2ClN. The van der Waals surface area contributed by atoms with Gasteiger partial charge in [-0.3, -0.25) is 0 Å². The quantitative estimate of drug-likeness (QED) is 0.655. The molecule has 0 aliphatic carbocycles. The predicted octanol–water partition coefficient (Wildman–Crippen LogP) is 4.41. The molecule has 0 aliphatic rings. The topological polar surface area (TPSA) is 12.9 Å². The van der Waals surface area contributed by atoms with Crippen LogP contribution in [0.4, 0.5) is 0 Å². The molecular weight excluding hydrogens is 317 g/mol. The summed E-state index contributed by atoms with van der Waals surface area (Å²) in [5.41, 5.74) is 0.891. The summed E-state index contributed by atoms with van der Waals surface area (Å²) >= 11 is 12.7. The van der Waals surface area contributed by atoms with Crippen LogP contribution in [-0.2, 0) is 0 Å². The summed E-state index contributed by atoms with van der Waals surface area (Å²) in [4.78, 5) is 4.32. The minimum atomic E-state index is 0.721. The van der Waals surface area contributed by atoms with Crippen molar-refractivity contribution < 1.29 is 0 Å². The summed E-state index contributed by atoms with van der Waals surface area (Å²) in [5, 5.41) is 1.68. The summed E-state index contributed by atoms with van der Waals surface area (Å²) in [5.74, 6) is 0. The number of hydrogen-bond donors (Lipinski definition) is 0. The molecule has 1 aromatic carbocycles. The molecule has 13 heavy (non-hydrogen) atoms. The number of aromatic nitrogens is 1. The largest absolute Gasteiger partial charge is 0.240 e. The van der Waals surface area contributed by atoms with Crippen LogP contribution in [0.25, 0.3) is 10.9 Å². The van der Waals surface area contributed by atoms with Crippen LogP contribution in [0.1, 0.15) is 0 Å². The summed E-state index contributed by atoms with van der Waals surface area (Å²) in [6.07, 6.45) is 0. The maximum Gasteiger partial charge on any atom is 0.120 e. The number of pyridine rings is 1. The Morgan fingerprint density at radius 3 is 2.77 bits per heavy atom. The molecule has 1 nitrogen and oxygen atoms in total. The van der Waals surface area contributed by atoms with E-state index in [2.05, 4.69) is 36.8 Å². The molecule has 1 aromatic heterocycles. The van der Waals surface area contributed by atoms with Crippen molar-refractivity contribution in [2.75, 3.05) is 0 Å². The second-order valence-electron chi connectivity index (χ2n) is 2.57. The zero-order chi connectivity index (χ0) is 9.42. The molecule has 0 radical (unpaired) electrons. The van der Waals surface area contributed by atoms with Crippen LogP contribution in [-0.4, -0.2) is 4.98 Å². The third-order valence-corrected chi connectivity index (χ3v) is 3.79. The lowest BCUT2D eigenvalue weighted by Crippen LogP contribution is -1.82. The van der Waals surface area contributed by atoms with Crippen LogP contribution in [0.3, 0.4) is 0 Å². The summed E-state index contributed by atoms with van der Waals surface area (Å²) in [7, 11) is 0. The molecule has 4 heteroatoms. The van der Waals surface area contributed by atoms with E-state index in [1.165, 1.54) is 0 Å². The second-order valence-corrected chi connectivity index (χ2v) is 4.58. The Bertz CT molecular complexity index is 470. The van der Waals surface area contributed by atoms with Crippen molar-refractivity contribution >= 4 is 54.4 Å². The highest BCUT2D eigenvalue weighted by Crippen LogP contribution is 2.29. The highest BCUT2D eigenvalue weighted by molar-refractivity contribution is 9.13. The Balaban J connectivity index is 2.89. The molecule has 0 spiro atoms. The van der Waals surface area contributed by atoms with Crippen molar-refractivity contribution in [3.05, 3.63) is 38.4 Å². The van der Waals surface area contributed by atoms with Crippen LogP contribution < -0.4 is 0 Å². The molecule has 0 saturated carbocycles. The standard InChI is InChI=1S/C9H4Br2ClN/c10-6-4-5-7(12)2-1-3-8(5)13-9(6)11/h1-4H. The average Bonchev–Trinajstić information content (AvgIpc) is 2.09. The van der Waals surface area contributed by atoms with E-state index in [-0.39, 0.29) is 0 Å². The molecule has 1 heterocycles. The summed E-state index contributed by atoms with van der Waals surface area (Å²) in [6, 6.07) is 7.62. The van der Waals surface area contributed by atoms with Crippen LogP contribution in [0.15, 0.2) is 33.3 Å². The number of rotatable bonds is 0. The molecule has 2 rings (SSSR count). The van der Waals surface area contributed by atoms with Gasteiger partial charge in [0.1, 0.15) is 4.60 Å². The maximum absolute atomic E-state index is 6.01. The van der Waals surface area contributed by atoms with Gasteiger partial charge in [-0.25, -0.2) is 4.98 Å². The molecule has 2 aromatic rings. The molecule has 66 valence electrons. The van der Waals surface area contributed by atoms with Crippen molar-refractivity contribution in [1.29, 1.82) is 0 Å². The van der Waals surface area contributed by atoms with Gasteiger partial charge in [0.25, 0.3) is 0 Å². The van der Waals surface area contributed by atoms with E-state index >= 15 is 0 Å². The zero-order valence-electron chi connectivity index (χ0n) is 6.39. The molecule has 0 aliphatic heterocycles. The van der Waals surface area contributed by atoms with E-state index in [1.807, 2.05) is 24.3 Å². The number of halogens is 3. The lowest BCUT2D eigenvalue weighted by atomic mass is 10.2. The van der Waals surface area contributed by atoms with Crippen LogP contribution in [0.2, 0.25) is 5.02 Å². The lowest BCUT2D eigenvalue weighted by Gasteiger charge is -2.01. The first kappa shape index (κ1) is 9.44.